The van der Waals surface area contributed by atoms with E-state index in [1.807, 2.05) is 0 Å². The Labute approximate surface area is 136 Å². The molecule has 1 aliphatic heterocycles. The predicted molar refractivity (Wildman–Crippen MR) is 80.3 cm³/mol. The molecule has 0 amide bonds. The third-order valence-corrected chi connectivity index (χ3v) is 5.00. The molecule has 0 aromatic carbocycles. The van der Waals surface area contributed by atoms with E-state index in [9.17, 15) is 9.59 Å². The summed E-state index contributed by atoms with van der Waals surface area (Å²) in [5, 5.41) is 0. The molecule has 0 N–H and O–H groups in total. The van der Waals surface area contributed by atoms with Crippen molar-refractivity contribution >= 4 is 11.9 Å². The van der Waals surface area contributed by atoms with E-state index in [-0.39, 0.29) is 13.2 Å². The number of carbonyl (C=O) groups is 2. The monoisotopic (exact) mass is 324 g/mol. The average molecular weight is 324 g/mol. The highest BCUT2D eigenvalue weighted by atomic mass is 16.8. The van der Waals surface area contributed by atoms with Crippen molar-refractivity contribution in [2.45, 2.75) is 58.0 Å². The summed E-state index contributed by atoms with van der Waals surface area (Å²) in [5.74, 6) is -1.14. The summed E-state index contributed by atoms with van der Waals surface area (Å²) >= 11 is 0. The van der Waals surface area contributed by atoms with E-state index >= 15 is 0 Å². The maximum atomic E-state index is 12.2. The summed E-state index contributed by atoms with van der Waals surface area (Å²) in [4.78, 5) is 24.3. The lowest BCUT2D eigenvalue weighted by atomic mass is 9.96. The number of ether oxygens (including phenoxy) is 4. The van der Waals surface area contributed by atoms with Gasteiger partial charge >= 0.3 is 11.9 Å². The van der Waals surface area contributed by atoms with Crippen LogP contribution < -0.4 is 0 Å². The summed E-state index contributed by atoms with van der Waals surface area (Å²) in [6.45, 7) is 6.01. The number of esters is 2. The maximum absolute atomic E-state index is 12.2. The molecule has 6 heteroatoms. The number of hydrogen-bond acceptors (Lipinski definition) is 6. The standard InChI is InChI=1S/C17H24O6/c1-4-20-15(18)13-14(16(19)21-5-2)23-17(22-13)8-11-7-6-10(3)12(11)9-17/h6,11-14H,4-5,7-9H2,1-3H3. The van der Waals surface area contributed by atoms with Crippen molar-refractivity contribution < 1.29 is 28.5 Å². The van der Waals surface area contributed by atoms with E-state index in [2.05, 4.69) is 13.0 Å². The molecular formula is C17H24O6. The van der Waals surface area contributed by atoms with Gasteiger partial charge in [-0.1, -0.05) is 11.6 Å². The third-order valence-electron chi connectivity index (χ3n) is 5.00. The molecule has 1 spiro atoms. The minimum absolute atomic E-state index is 0.230. The number of allylic oxidation sites excluding steroid dienone is 2. The van der Waals surface area contributed by atoms with Crippen LogP contribution in [0.15, 0.2) is 11.6 Å². The Balaban J connectivity index is 1.78. The van der Waals surface area contributed by atoms with E-state index in [4.69, 9.17) is 18.9 Å². The van der Waals surface area contributed by atoms with Crippen molar-refractivity contribution in [1.82, 2.24) is 0 Å². The van der Waals surface area contributed by atoms with Crippen molar-refractivity contribution in [3.63, 3.8) is 0 Å². The van der Waals surface area contributed by atoms with Gasteiger partial charge in [-0.25, -0.2) is 9.59 Å². The Morgan fingerprint density at radius 1 is 1.13 bits per heavy atom. The normalized spacial score (nSPS) is 38.5. The van der Waals surface area contributed by atoms with Crippen molar-refractivity contribution in [3.05, 3.63) is 11.6 Å². The minimum atomic E-state index is -1.04. The van der Waals surface area contributed by atoms with Crippen molar-refractivity contribution in [2.75, 3.05) is 13.2 Å². The topological polar surface area (TPSA) is 71.1 Å². The van der Waals surface area contributed by atoms with Crippen LogP contribution >= 0.6 is 0 Å². The van der Waals surface area contributed by atoms with Crippen LogP contribution in [0.3, 0.4) is 0 Å². The van der Waals surface area contributed by atoms with Gasteiger partial charge in [0.2, 0.25) is 0 Å². The van der Waals surface area contributed by atoms with Crippen LogP contribution in [-0.4, -0.2) is 43.1 Å². The van der Waals surface area contributed by atoms with Gasteiger partial charge in [-0.15, -0.1) is 0 Å². The molecule has 0 radical (unpaired) electrons. The van der Waals surface area contributed by atoms with Gasteiger partial charge in [0.25, 0.3) is 0 Å². The van der Waals surface area contributed by atoms with Crippen LogP contribution in [0.4, 0.5) is 0 Å². The molecule has 6 nitrogen and oxygen atoms in total. The fourth-order valence-corrected chi connectivity index (χ4v) is 3.99. The van der Waals surface area contributed by atoms with E-state index in [1.54, 1.807) is 13.8 Å². The third kappa shape index (κ3) is 2.90. The summed E-state index contributed by atoms with van der Waals surface area (Å²) in [6, 6.07) is 0. The Hall–Kier alpha value is -1.40. The van der Waals surface area contributed by atoms with Gasteiger partial charge in [-0.05, 0) is 39.0 Å². The SMILES string of the molecule is CCOC(=O)C1OC2(CC3CC=C(C)C3C2)OC1C(=O)OCC. The van der Waals surface area contributed by atoms with E-state index in [0.717, 1.165) is 6.42 Å². The Kier molecular flexibility index (Phi) is 4.47. The smallest absolute Gasteiger partial charge is 0.338 e. The van der Waals surface area contributed by atoms with E-state index in [0.29, 0.717) is 24.7 Å². The van der Waals surface area contributed by atoms with Crippen LogP contribution in [0.2, 0.25) is 0 Å². The van der Waals surface area contributed by atoms with Gasteiger partial charge in [-0.3, -0.25) is 0 Å². The first-order valence-corrected chi connectivity index (χ1v) is 8.35. The molecule has 3 rings (SSSR count). The molecule has 4 atom stereocenters. The highest BCUT2D eigenvalue weighted by Crippen LogP contribution is 2.53. The summed E-state index contributed by atoms with van der Waals surface area (Å²) in [7, 11) is 0. The number of hydrogen-bond donors (Lipinski definition) is 0. The first-order valence-electron chi connectivity index (χ1n) is 8.35. The second kappa shape index (κ2) is 6.24. The van der Waals surface area contributed by atoms with Gasteiger partial charge in [0.15, 0.2) is 18.0 Å². The fraction of sp³-hybridized carbons (Fsp3) is 0.765. The van der Waals surface area contributed by atoms with Crippen molar-refractivity contribution in [1.29, 1.82) is 0 Å². The predicted octanol–water partition coefficient (Wildman–Crippen LogP) is 1.97. The lowest BCUT2D eigenvalue weighted by Gasteiger charge is -2.23. The van der Waals surface area contributed by atoms with Gasteiger partial charge in [-0.2, -0.15) is 0 Å². The molecule has 2 fully saturated rings. The van der Waals surface area contributed by atoms with Crippen LogP contribution in [0.5, 0.6) is 0 Å². The Morgan fingerprint density at radius 3 is 2.17 bits per heavy atom. The molecule has 1 saturated carbocycles. The Morgan fingerprint density at radius 2 is 1.70 bits per heavy atom. The van der Waals surface area contributed by atoms with Gasteiger partial charge in [0.1, 0.15) is 0 Å². The average Bonchev–Trinajstić information content (AvgIpc) is 3.16. The fourth-order valence-electron chi connectivity index (χ4n) is 3.99. The van der Waals surface area contributed by atoms with Gasteiger partial charge in [0.05, 0.1) is 13.2 Å². The van der Waals surface area contributed by atoms with Crippen LogP contribution in [-0.2, 0) is 28.5 Å². The second-order valence-corrected chi connectivity index (χ2v) is 6.45. The zero-order valence-electron chi connectivity index (χ0n) is 13.9. The molecular weight excluding hydrogens is 300 g/mol. The summed E-state index contributed by atoms with van der Waals surface area (Å²) in [5.41, 5.74) is 1.34. The van der Waals surface area contributed by atoms with Crippen molar-refractivity contribution in [3.8, 4) is 0 Å². The molecule has 1 saturated heterocycles. The minimum Gasteiger partial charge on any atom is -0.464 e. The van der Waals surface area contributed by atoms with Crippen LogP contribution in [0.1, 0.15) is 40.0 Å². The largest absolute Gasteiger partial charge is 0.464 e. The molecule has 1 heterocycles. The summed E-state index contributed by atoms with van der Waals surface area (Å²) in [6.07, 6.45) is 2.53. The molecule has 4 unspecified atom stereocenters. The molecule has 2 aliphatic carbocycles. The van der Waals surface area contributed by atoms with E-state index in [1.165, 1.54) is 5.57 Å². The first kappa shape index (κ1) is 16.5. The lowest BCUT2D eigenvalue weighted by Crippen LogP contribution is -2.39. The van der Waals surface area contributed by atoms with Crippen molar-refractivity contribution in [2.24, 2.45) is 11.8 Å². The zero-order valence-corrected chi connectivity index (χ0v) is 13.9. The van der Waals surface area contributed by atoms with Crippen LogP contribution in [0, 0.1) is 11.8 Å². The second-order valence-electron chi connectivity index (χ2n) is 6.45. The molecule has 0 aromatic heterocycles. The van der Waals surface area contributed by atoms with Gasteiger partial charge < -0.3 is 18.9 Å². The lowest BCUT2D eigenvalue weighted by molar-refractivity contribution is -0.188. The molecule has 3 aliphatic rings. The number of carbonyl (C=O) groups excluding carboxylic acids is 2. The first-order chi connectivity index (χ1) is 11.0. The van der Waals surface area contributed by atoms with Gasteiger partial charge in [0, 0.05) is 12.8 Å². The highest BCUT2D eigenvalue weighted by Gasteiger charge is 2.60. The quantitative estimate of drug-likeness (QED) is 0.581. The Bertz CT molecular complexity index is 499. The summed E-state index contributed by atoms with van der Waals surface area (Å²) < 4.78 is 22.0. The number of rotatable bonds is 4. The van der Waals surface area contributed by atoms with E-state index < -0.39 is 29.9 Å². The zero-order chi connectivity index (χ0) is 16.6. The number of fused-ring (bicyclic) bond motifs is 1. The molecule has 0 bridgehead atoms. The highest BCUT2D eigenvalue weighted by molar-refractivity contribution is 5.86. The van der Waals surface area contributed by atoms with Crippen LogP contribution in [0.25, 0.3) is 0 Å². The molecule has 0 aromatic rings. The maximum Gasteiger partial charge on any atom is 0.338 e. The molecule has 128 valence electrons. The molecule has 23 heavy (non-hydrogen) atoms.